The molecule has 21 heavy (non-hydrogen) atoms. The summed E-state index contributed by atoms with van der Waals surface area (Å²) >= 11 is 0. The molecule has 0 bridgehead atoms. The number of ether oxygens (including phenoxy) is 1. The summed E-state index contributed by atoms with van der Waals surface area (Å²) in [7, 11) is 1.63. The Labute approximate surface area is 125 Å². The monoisotopic (exact) mass is 284 g/mol. The maximum absolute atomic E-state index is 5.07. The fourth-order valence-electron chi connectivity index (χ4n) is 2.62. The van der Waals surface area contributed by atoms with E-state index in [4.69, 9.17) is 4.74 Å². The second-order valence-electron chi connectivity index (χ2n) is 5.18. The molecule has 1 aliphatic heterocycles. The largest absolute Gasteiger partial charge is 0.481 e. The number of anilines is 2. The minimum absolute atomic E-state index is 0.486. The minimum atomic E-state index is 0.486. The van der Waals surface area contributed by atoms with Gasteiger partial charge in [0.15, 0.2) is 0 Å². The van der Waals surface area contributed by atoms with E-state index in [-0.39, 0.29) is 0 Å². The van der Waals surface area contributed by atoms with E-state index >= 15 is 0 Å². The Morgan fingerprint density at radius 3 is 2.62 bits per heavy atom. The quantitative estimate of drug-likeness (QED) is 0.935. The Balaban J connectivity index is 1.53. The summed E-state index contributed by atoms with van der Waals surface area (Å²) in [5, 5.41) is 3.54. The Morgan fingerprint density at radius 2 is 2.00 bits per heavy atom. The molecule has 0 saturated carbocycles. The summed E-state index contributed by atoms with van der Waals surface area (Å²) in [6, 6.07) is 10.4. The normalized spacial score (nSPS) is 15.8. The van der Waals surface area contributed by atoms with Crippen molar-refractivity contribution < 1.29 is 4.74 Å². The van der Waals surface area contributed by atoms with Crippen molar-refractivity contribution in [2.24, 2.45) is 0 Å². The third-order valence-electron chi connectivity index (χ3n) is 3.78. The van der Waals surface area contributed by atoms with Gasteiger partial charge in [0, 0.05) is 31.4 Å². The van der Waals surface area contributed by atoms with E-state index in [1.165, 1.54) is 0 Å². The van der Waals surface area contributed by atoms with Gasteiger partial charge in [-0.15, -0.1) is 0 Å². The van der Waals surface area contributed by atoms with E-state index in [1.807, 2.05) is 36.7 Å². The molecular formula is C16H20N4O. The van der Waals surface area contributed by atoms with Crippen LogP contribution in [0.15, 0.2) is 42.7 Å². The third kappa shape index (κ3) is 3.42. The maximum Gasteiger partial charge on any atom is 0.213 e. The molecule has 3 heterocycles. The Hall–Kier alpha value is -2.30. The highest BCUT2D eigenvalue weighted by Gasteiger charge is 2.19. The molecule has 1 fully saturated rings. The molecule has 0 aromatic carbocycles. The SMILES string of the molecule is COc1ccc(NC2CCN(c3ccccn3)CC2)cn1. The molecule has 1 aliphatic rings. The van der Waals surface area contributed by atoms with E-state index in [9.17, 15) is 0 Å². The third-order valence-corrected chi connectivity index (χ3v) is 3.78. The molecule has 0 atom stereocenters. The maximum atomic E-state index is 5.07. The van der Waals surface area contributed by atoms with Crippen LogP contribution in [0.4, 0.5) is 11.5 Å². The first kappa shape index (κ1) is 13.7. The number of nitrogens with zero attached hydrogens (tertiary/aromatic N) is 3. The van der Waals surface area contributed by atoms with Crippen LogP contribution in [0.25, 0.3) is 0 Å². The highest BCUT2D eigenvalue weighted by molar-refractivity contribution is 5.44. The summed E-state index contributed by atoms with van der Waals surface area (Å²) < 4.78 is 5.07. The van der Waals surface area contributed by atoms with Crippen LogP contribution in [0.5, 0.6) is 5.88 Å². The van der Waals surface area contributed by atoms with E-state index in [2.05, 4.69) is 26.3 Å². The van der Waals surface area contributed by atoms with Crippen molar-refractivity contribution in [1.82, 2.24) is 9.97 Å². The van der Waals surface area contributed by atoms with Crippen LogP contribution < -0.4 is 15.0 Å². The summed E-state index contributed by atoms with van der Waals surface area (Å²) in [6.45, 7) is 2.05. The predicted octanol–water partition coefficient (Wildman–Crippen LogP) is 2.57. The standard InChI is InChI=1S/C16H20N4O/c1-21-16-6-5-14(12-18-16)19-13-7-10-20(11-8-13)15-4-2-3-9-17-15/h2-6,9,12-13,19H,7-8,10-11H2,1H3. The lowest BCUT2D eigenvalue weighted by Gasteiger charge is -2.33. The van der Waals surface area contributed by atoms with Gasteiger partial charge in [0.1, 0.15) is 5.82 Å². The number of hydrogen-bond donors (Lipinski definition) is 1. The second-order valence-corrected chi connectivity index (χ2v) is 5.18. The van der Waals surface area contributed by atoms with Crippen LogP contribution in [-0.4, -0.2) is 36.2 Å². The molecule has 3 rings (SSSR count). The second kappa shape index (κ2) is 6.43. The van der Waals surface area contributed by atoms with Crippen molar-refractivity contribution in [2.45, 2.75) is 18.9 Å². The van der Waals surface area contributed by atoms with Crippen molar-refractivity contribution in [3.05, 3.63) is 42.7 Å². The van der Waals surface area contributed by atoms with E-state index < -0.39 is 0 Å². The van der Waals surface area contributed by atoms with Crippen LogP contribution >= 0.6 is 0 Å². The minimum Gasteiger partial charge on any atom is -0.481 e. The first-order chi connectivity index (χ1) is 10.3. The highest BCUT2D eigenvalue weighted by atomic mass is 16.5. The summed E-state index contributed by atoms with van der Waals surface area (Å²) in [5.41, 5.74) is 1.05. The van der Waals surface area contributed by atoms with Crippen molar-refractivity contribution >= 4 is 11.5 Å². The molecule has 0 radical (unpaired) electrons. The van der Waals surface area contributed by atoms with Gasteiger partial charge in [0.05, 0.1) is 19.0 Å². The molecule has 0 amide bonds. The van der Waals surface area contributed by atoms with Crippen LogP contribution in [0.3, 0.4) is 0 Å². The van der Waals surface area contributed by atoms with Crippen LogP contribution in [-0.2, 0) is 0 Å². The number of hydrogen-bond acceptors (Lipinski definition) is 5. The van der Waals surface area contributed by atoms with Gasteiger partial charge in [-0.05, 0) is 31.0 Å². The Bertz CT molecular complexity index is 550. The number of piperidine rings is 1. The molecule has 110 valence electrons. The summed E-state index contributed by atoms with van der Waals surface area (Å²) in [6.07, 6.45) is 5.87. The first-order valence-corrected chi connectivity index (χ1v) is 7.28. The first-order valence-electron chi connectivity index (χ1n) is 7.28. The zero-order valence-electron chi connectivity index (χ0n) is 12.2. The van der Waals surface area contributed by atoms with E-state index in [1.54, 1.807) is 7.11 Å². The van der Waals surface area contributed by atoms with Gasteiger partial charge >= 0.3 is 0 Å². The van der Waals surface area contributed by atoms with Crippen molar-refractivity contribution in [3.63, 3.8) is 0 Å². The van der Waals surface area contributed by atoms with Gasteiger partial charge in [0.2, 0.25) is 5.88 Å². The highest BCUT2D eigenvalue weighted by Crippen LogP contribution is 2.20. The lowest BCUT2D eigenvalue weighted by atomic mass is 10.0. The van der Waals surface area contributed by atoms with E-state index in [0.717, 1.165) is 37.4 Å². The van der Waals surface area contributed by atoms with Gasteiger partial charge in [-0.25, -0.2) is 9.97 Å². The predicted molar refractivity (Wildman–Crippen MR) is 83.9 cm³/mol. The Kier molecular flexibility index (Phi) is 4.19. The smallest absolute Gasteiger partial charge is 0.213 e. The average molecular weight is 284 g/mol. The molecular weight excluding hydrogens is 264 g/mol. The van der Waals surface area contributed by atoms with Gasteiger partial charge in [-0.3, -0.25) is 0 Å². The zero-order valence-corrected chi connectivity index (χ0v) is 12.2. The number of aromatic nitrogens is 2. The topological polar surface area (TPSA) is 50.3 Å². The Morgan fingerprint density at radius 1 is 1.14 bits per heavy atom. The van der Waals surface area contributed by atoms with Crippen LogP contribution in [0, 0.1) is 0 Å². The van der Waals surface area contributed by atoms with Crippen molar-refractivity contribution in [2.75, 3.05) is 30.4 Å². The fourth-order valence-corrected chi connectivity index (χ4v) is 2.62. The van der Waals surface area contributed by atoms with Gasteiger partial charge in [-0.1, -0.05) is 6.07 Å². The van der Waals surface area contributed by atoms with Crippen molar-refractivity contribution in [3.8, 4) is 5.88 Å². The molecule has 5 nitrogen and oxygen atoms in total. The molecule has 1 saturated heterocycles. The number of nitrogens with one attached hydrogen (secondary N) is 1. The molecule has 1 N–H and O–H groups in total. The number of methoxy groups -OCH3 is 1. The molecule has 0 unspecified atom stereocenters. The molecule has 0 spiro atoms. The molecule has 2 aromatic heterocycles. The average Bonchev–Trinajstić information content (AvgIpc) is 2.57. The van der Waals surface area contributed by atoms with Crippen molar-refractivity contribution in [1.29, 1.82) is 0 Å². The van der Waals surface area contributed by atoms with Gasteiger partial charge in [-0.2, -0.15) is 0 Å². The summed E-state index contributed by atoms with van der Waals surface area (Å²) in [4.78, 5) is 11.0. The van der Waals surface area contributed by atoms with Crippen LogP contribution in [0.2, 0.25) is 0 Å². The lowest BCUT2D eigenvalue weighted by molar-refractivity contribution is 0.398. The summed E-state index contributed by atoms with van der Waals surface area (Å²) in [5.74, 6) is 1.72. The molecule has 0 aliphatic carbocycles. The van der Waals surface area contributed by atoms with E-state index in [0.29, 0.717) is 11.9 Å². The fraction of sp³-hybridized carbons (Fsp3) is 0.375. The van der Waals surface area contributed by atoms with Gasteiger partial charge < -0.3 is 15.0 Å². The lowest BCUT2D eigenvalue weighted by Crippen LogP contribution is -2.39. The van der Waals surface area contributed by atoms with Gasteiger partial charge in [0.25, 0.3) is 0 Å². The molecule has 5 heteroatoms. The number of rotatable bonds is 4. The zero-order chi connectivity index (χ0) is 14.5. The molecule has 2 aromatic rings. The van der Waals surface area contributed by atoms with Crippen LogP contribution in [0.1, 0.15) is 12.8 Å². The number of pyridine rings is 2.